The molecule has 14 heavy (non-hydrogen) atoms. The van der Waals surface area contributed by atoms with E-state index in [9.17, 15) is 9.59 Å². The first-order valence-corrected chi connectivity index (χ1v) is 6.13. The molecular weight excluding hydrogens is 246 g/mol. The van der Waals surface area contributed by atoms with Crippen molar-refractivity contribution in [1.82, 2.24) is 4.90 Å². The number of imide groups is 1. The van der Waals surface area contributed by atoms with E-state index in [2.05, 4.69) is 15.9 Å². The highest BCUT2D eigenvalue weighted by Gasteiger charge is 2.41. The maximum Gasteiger partial charge on any atom is 0.232 e. The van der Waals surface area contributed by atoms with E-state index in [1.165, 1.54) is 4.90 Å². The lowest BCUT2D eigenvalue weighted by Gasteiger charge is -2.13. The minimum atomic E-state index is -0.133. The molecule has 4 heteroatoms. The first-order valence-electron chi connectivity index (χ1n) is 5.00. The van der Waals surface area contributed by atoms with Crippen LogP contribution in [0.15, 0.2) is 0 Å². The molecule has 2 unspecified atom stereocenters. The smallest absolute Gasteiger partial charge is 0.232 e. The van der Waals surface area contributed by atoms with Crippen LogP contribution in [0.4, 0.5) is 0 Å². The van der Waals surface area contributed by atoms with Crippen LogP contribution in [0.5, 0.6) is 0 Å². The van der Waals surface area contributed by atoms with Gasteiger partial charge in [-0.25, -0.2) is 0 Å². The standard InChI is InChI=1S/C10H16BrNO2/c1-7-8(2)10(14)12(9(7)13)6-4-3-5-11/h7-8H,3-6H2,1-2H3. The number of rotatable bonds is 4. The van der Waals surface area contributed by atoms with E-state index < -0.39 is 0 Å². The minimum absolute atomic E-state index is 0.00271. The molecule has 2 atom stereocenters. The Labute approximate surface area is 93.0 Å². The zero-order chi connectivity index (χ0) is 10.7. The number of halogens is 1. The van der Waals surface area contributed by atoms with Crippen LogP contribution in [-0.2, 0) is 9.59 Å². The zero-order valence-electron chi connectivity index (χ0n) is 8.62. The average Bonchev–Trinajstić information content (AvgIpc) is 2.35. The average molecular weight is 262 g/mol. The lowest BCUT2D eigenvalue weighted by atomic mass is 10.00. The van der Waals surface area contributed by atoms with Crippen molar-refractivity contribution in [2.24, 2.45) is 11.8 Å². The molecule has 0 aliphatic carbocycles. The maximum absolute atomic E-state index is 11.6. The Hall–Kier alpha value is -0.380. The third-order valence-electron chi connectivity index (χ3n) is 2.83. The van der Waals surface area contributed by atoms with E-state index in [1.807, 2.05) is 13.8 Å². The molecule has 0 aromatic carbocycles. The number of likely N-dealkylation sites (tertiary alicyclic amines) is 1. The van der Waals surface area contributed by atoms with Crippen molar-refractivity contribution in [3.05, 3.63) is 0 Å². The number of carbonyl (C=O) groups is 2. The molecular formula is C10H16BrNO2. The Morgan fingerprint density at radius 1 is 1.14 bits per heavy atom. The normalized spacial score (nSPS) is 27.5. The van der Waals surface area contributed by atoms with Crippen LogP contribution in [0.2, 0.25) is 0 Å². The van der Waals surface area contributed by atoms with Gasteiger partial charge in [0.2, 0.25) is 11.8 Å². The second-order valence-corrected chi connectivity index (χ2v) is 4.59. The summed E-state index contributed by atoms with van der Waals surface area (Å²) in [6.45, 7) is 4.24. The number of carbonyl (C=O) groups excluding carboxylic acids is 2. The van der Waals surface area contributed by atoms with E-state index >= 15 is 0 Å². The largest absolute Gasteiger partial charge is 0.282 e. The third kappa shape index (κ3) is 2.16. The summed E-state index contributed by atoms with van der Waals surface area (Å²) in [6.07, 6.45) is 1.89. The molecule has 0 N–H and O–H groups in total. The molecule has 0 aromatic rings. The van der Waals surface area contributed by atoms with Crippen molar-refractivity contribution in [3.8, 4) is 0 Å². The van der Waals surface area contributed by atoms with Gasteiger partial charge in [0.25, 0.3) is 0 Å². The molecule has 1 aliphatic heterocycles. The van der Waals surface area contributed by atoms with Gasteiger partial charge >= 0.3 is 0 Å². The number of unbranched alkanes of at least 4 members (excludes halogenated alkanes) is 1. The molecule has 1 heterocycles. The Kier molecular flexibility index (Phi) is 4.11. The van der Waals surface area contributed by atoms with Crippen LogP contribution >= 0.6 is 15.9 Å². The van der Waals surface area contributed by atoms with Crippen molar-refractivity contribution in [1.29, 1.82) is 0 Å². The van der Waals surface area contributed by atoms with Gasteiger partial charge in [0, 0.05) is 23.7 Å². The molecule has 0 aromatic heterocycles. The SMILES string of the molecule is CC1C(=O)N(CCCCBr)C(=O)C1C. The zero-order valence-corrected chi connectivity index (χ0v) is 10.2. The third-order valence-corrected chi connectivity index (χ3v) is 3.39. The monoisotopic (exact) mass is 261 g/mol. The van der Waals surface area contributed by atoms with Gasteiger partial charge in [-0.15, -0.1) is 0 Å². The first kappa shape index (κ1) is 11.7. The van der Waals surface area contributed by atoms with Crippen molar-refractivity contribution in [3.63, 3.8) is 0 Å². The molecule has 1 rings (SSSR count). The Morgan fingerprint density at radius 3 is 2.07 bits per heavy atom. The van der Waals surface area contributed by atoms with Gasteiger partial charge in [-0.3, -0.25) is 14.5 Å². The second-order valence-electron chi connectivity index (χ2n) is 3.80. The Balaban J connectivity index is 2.52. The van der Waals surface area contributed by atoms with Crippen LogP contribution in [0.25, 0.3) is 0 Å². The molecule has 0 spiro atoms. The van der Waals surface area contributed by atoms with E-state index in [0.29, 0.717) is 6.54 Å². The number of nitrogens with zero attached hydrogens (tertiary/aromatic N) is 1. The molecule has 1 aliphatic rings. The van der Waals surface area contributed by atoms with Crippen LogP contribution < -0.4 is 0 Å². The summed E-state index contributed by atoms with van der Waals surface area (Å²) in [6, 6.07) is 0. The summed E-state index contributed by atoms with van der Waals surface area (Å²) < 4.78 is 0. The lowest BCUT2D eigenvalue weighted by molar-refractivity contribution is -0.139. The predicted octanol–water partition coefficient (Wildman–Crippen LogP) is 1.80. The molecule has 3 nitrogen and oxygen atoms in total. The van der Waals surface area contributed by atoms with Gasteiger partial charge in [0.05, 0.1) is 0 Å². The van der Waals surface area contributed by atoms with Gasteiger partial charge in [-0.1, -0.05) is 29.8 Å². The topological polar surface area (TPSA) is 37.4 Å². The predicted molar refractivity (Wildman–Crippen MR) is 58.1 cm³/mol. The van der Waals surface area contributed by atoms with Crippen LogP contribution in [0, 0.1) is 11.8 Å². The number of hydrogen-bond acceptors (Lipinski definition) is 2. The van der Waals surface area contributed by atoms with E-state index in [4.69, 9.17) is 0 Å². The fraction of sp³-hybridized carbons (Fsp3) is 0.800. The Morgan fingerprint density at radius 2 is 1.64 bits per heavy atom. The van der Waals surface area contributed by atoms with E-state index in [-0.39, 0.29) is 23.7 Å². The van der Waals surface area contributed by atoms with E-state index in [1.54, 1.807) is 0 Å². The highest BCUT2D eigenvalue weighted by Crippen LogP contribution is 2.25. The van der Waals surface area contributed by atoms with Crippen molar-refractivity contribution >= 4 is 27.7 Å². The fourth-order valence-corrected chi connectivity index (χ4v) is 2.01. The summed E-state index contributed by atoms with van der Waals surface area (Å²) in [5, 5.41) is 0.925. The van der Waals surface area contributed by atoms with Crippen LogP contribution in [0.3, 0.4) is 0 Å². The summed E-state index contributed by atoms with van der Waals surface area (Å²) >= 11 is 3.32. The van der Waals surface area contributed by atoms with Gasteiger partial charge in [0.1, 0.15) is 0 Å². The maximum atomic E-state index is 11.6. The molecule has 0 radical (unpaired) electrons. The van der Waals surface area contributed by atoms with Crippen LogP contribution in [0.1, 0.15) is 26.7 Å². The van der Waals surface area contributed by atoms with Crippen LogP contribution in [-0.4, -0.2) is 28.6 Å². The first-order chi connectivity index (χ1) is 6.59. The van der Waals surface area contributed by atoms with Crippen molar-refractivity contribution < 1.29 is 9.59 Å². The van der Waals surface area contributed by atoms with Gasteiger partial charge in [-0.2, -0.15) is 0 Å². The number of amides is 2. The molecule has 1 fully saturated rings. The number of alkyl halides is 1. The number of hydrogen-bond donors (Lipinski definition) is 0. The molecule has 0 bridgehead atoms. The summed E-state index contributed by atoms with van der Waals surface area (Å²) in [7, 11) is 0. The molecule has 80 valence electrons. The Bertz CT molecular complexity index is 222. The van der Waals surface area contributed by atoms with Gasteiger partial charge in [-0.05, 0) is 12.8 Å². The fourth-order valence-electron chi connectivity index (χ4n) is 1.61. The lowest BCUT2D eigenvalue weighted by Crippen LogP contribution is -2.31. The van der Waals surface area contributed by atoms with Gasteiger partial charge in [0.15, 0.2) is 0 Å². The molecule has 1 saturated heterocycles. The molecule has 2 amide bonds. The van der Waals surface area contributed by atoms with E-state index in [0.717, 1.165) is 18.2 Å². The summed E-state index contributed by atoms with van der Waals surface area (Å²) in [4.78, 5) is 24.6. The van der Waals surface area contributed by atoms with Crippen molar-refractivity contribution in [2.45, 2.75) is 26.7 Å². The quantitative estimate of drug-likeness (QED) is 0.440. The second kappa shape index (κ2) is 4.91. The minimum Gasteiger partial charge on any atom is -0.282 e. The summed E-state index contributed by atoms with van der Waals surface area (Å²) in [5.41, 5.74) is 0. The summed E-state index contributed by atoms with van der Waals surface area (Å²) in [5.74, 6) is -0.271. The molecule has 0 saturated carbocycles. The van der Waals surface area contributed by atoms with Gasteiger partial charge < -0.3 is 0 Å². The highest BCUT2D eigenvalue weighted by molar-refractivity contribution is 9.09. The highest BCUT2D eigenvalue weighted by atomic mass is 79.9. The van der Waals surface area contributed by atoms with Crippen molar-refractivity contribution in [2.75, 3.05) is 11.9 Å².